The van der Waals surface area contributed by atoms with Gasteiger partial charge in [0.05, 0.1) is 0 Å². The maximum Gasteiger partial charge on any atom is -0.0187 e. The van der Waals surface area contributed by atoms with Crippen LogP contribution >= 0.6 is 0 Å². The first kappa shape index (κ1) is 11.0. The van der Waals surface area contributed by atoms with E-state index in [0.717, 1.165) is 11.8 Å². The van der Waals surface area contributed by atoms with Crippen LogP contribution in [0.1, 0.15) is 53.9 Å². The maximum absolute atomic E-state index is 2.32. The van der Waals surface area contributed by atoms with Gasteiger partial charge in [0.2, 0.25) is 0 Å². The molecule has 0 aliphatic carbocycles. The van der Waals surface area contributed by atoms with Gasteiger partial charge in [-0.05, 0) is 24.2 Å². The van der Waals surface area contributed by atoms with Crippen LogP contribution in [-0.4, -0.2) is 0 Å². The van der Waals surface area contributed by atoms with Crippen molar-refractivity contribution in [2.24, 2.45) is 11.8 Å². The number of hydrogen-bond donors (Lipinski definition) is 0. The van der Waals surface area contributed by atoms with E-state index in [-0.39, 0.29) is 0 Å². The molecule has 0 saturated carbocycles. The lowest BCUT2D eigenvalue weighted by Gasteiger charge is -2.26. The molecule has 0 aromatic rings. The van der Waals surface area contributed by atoms with Crippen LogP contribution in [0.5, 0.6) is 0 Å². The van der Waals surface area contributed by atoms with Crippen molar-refractivity contribution in [2.75, 3.05) is 0 Å². The summed E-state index contributed by atoms with van der Waals surface area (Å²) in [5.74, 6) is 3.42. The molecule has 1 radical (unpaired) electrons. The van der Waals surface area contributed by atoms with Crippen molar-refractivity contribution in [3.8, 4) is 0 Å². The molecule has 0 nitrogen and oxygen atoms in total. The van der Waals surface area contributed by atoms with Gasteiger partial charge in [0, 0.05) is 0 Å². The van der Waals surface area contributed by atoms with E-state index in [1.165, 1.54) is 19.3 Å². The van der Waals surface area contributed by atoms with Crippen molar-refractivity contribution in [3.63, 3.8) is 0 Å². The highest BCUT2D eigenvalue weighted by atomic mass is 14.2. The van der Waals surface area contributed by atoms with E-state index < -0.39 is 0 Å². The Balaban J connectivity index is 3.98. The Bertz CT molecular complexity index is 80.0. The lowest BCUT2D eigenvalue weighted by atomic mass is 9.79. The second-order valence-corrected chi connectivity index (χ2v) is 3.60. The molecular weight excluding hydrogens is 132 g/mol. The molecule has 0 aliphatic rings. The van der Waals surface area contributed by atoms with E-state index in [9.17, 15) is 0 Å². The second kappa shape index (κ2) is 5.62. The van der Waals surface area contributed by atoms with Crippen LogP contribution in [-0.2, 0) is 0 Å². The van der Waals surface area contributed by atoms with Crippen LogP contribution in [0.2, 0.25) is 0 Å². The van der Waals surface area contributed by atoms with E-state index in [0.29, 0.717) is 0 Å². The maximum atomic E-state index is 2.32. The Kier molecular flexibility index (Phi) is 5.62. The van der Waals surface area contributed by atoms with Crippen LogP contribution in [0.15, 0.2) is 0 Å². The van der Waals surface area contributed by atoms with Crippen LogP contribution in [0, 0.1) is 17.8 Å². The molecule has 11 heavy (non-hydrogen) atoms. The fourth-order valence-electron chi connectivity index (χ4n) is 1.98. The summed E-state index contributed by atoms with van der Waals surface area (Å²) in [4.78, 5) is 0. The third-order valence-electron chi connectivity index (χ3n) is 2.66. The van der Waals surface area contributed by atoms with Gasteiger partial charge in [0.25, 0.3) is 0 Å². The van der Waals surface area contributed by atoms with Gasteiger partial charge in [-0.1, -0.05) is 47.5 Å². The SMILES string of the molecule is CC[C](C(C)C)C(CC)CC. The predicted molar refractivity (Wildman–Crippen MR) is 52.4 cm³/mol. The Morgan fingerprint density at radius 1 is 1.00 bits per heavy atom. The lowest BCUT2D eigenvalue weighted by molar-refractivity contribution is 0.412. The summed E-state index contributed by atoms with van der Waals surface area (Å²) in [7, 11) is 0. The summed E-state index contributed by atoms with van der Waals surface area (Å²) in [5.41, 5.74) is 0. The first-order chi connectivity index (χ1) is 5.17. The van der Waals surface area contributed by atoms with Crippen molar-refractivity contribution in [1.82, 2.24) is 0 Å². The summed E-state index contributed by atoms with van der Waals surface area (Å²) in [6.07, 6.45) is 3.90. The lowest BCUT2D eigenvalue weighted by Crippen LogP contribution is -2.15. The molecule has 0 spiro atoms. The van der Waals surface area contributed by atoms with Gasteiger partial charge in [-0.2, -0.15) is 0 Å². The van der Waals surface area contributed by atoms with Gasteiger partial charge in [0.15, 0.2) is 0 Å². The normalized spacial score (nSPS) is 12.0. The Hall–Kier alpha value is 0. The minimum atomic E-state index is 0.782. The highest BCUT2D eigenvalue weighted by molar-refractivity contribution is 4.96. The minimum Gasteiger partial charge on any atom is -0.0651 e. The highest BCUT2D eigenvalue weighted by Gasteiger charge is 2.19. The third kappa shape index (κ3) is 3.27. The third-order valence-corrected chi connectivity index (χ3v) is 2.66. The van der Waals surface area contributed by atoms with E-state index in [4.69, 9.17) is 0 Å². The first-order valence-corrected chi connectivity index (χ1v) is 5.02. The standard InChI is InChI=1S/C11H23/c1-6-10(7-2)11(8-3)9(4)5/h9-10H,6-8H2,1-5H3. The fourth-order valence-corrected chi connectivity index (χ4v) is 1.98. The van der Waals surface area contributed by atoms with Crippen LogP contribution < -0.4 is 0 Å². The summed E-state index contributed by atoms with van der Waals surface area (Å²) in [6.45, 7) is 11.5. The first-order valence-electron chi connectivity index (χ1n) is 5.02. The van der Waals surface area contributed by atoms with Gasteiger partial charge in [-0.3, -0.25) is 0 Å². The van der Waals surface area contributed by atoms with Crippen molar-refractivity contribution in [2.45, 2.75) is 53.9 Å². The number of rotatable bonds is 5. The molecule has 0 heterocycles. The molecule has 0 aromatic heterocycles. The zero-order valence-electron chi connectivity index (χ0n) is 8.78. The monoisotopic (exact) mass is 155 g/mol. The van der Waals surface area contributed by atoms with Gasteiger partial charge in [0.1, 0.15) is 0 Å². The fraction of sp³-hybridized carbons (Fsp3) is 0.909. The van der Waals surface area contributed by atoms with E-state index in [1.807, 2.05) is 0 Å². The van der Waals surface area contributed by atoms with E-state index >= 15 is 0 Å². The van der Waals surface area contributed by atoms with Crippen LogP contribution in [0.4, 0.5) is 0 Å². The molecule has 0 rings (SSSR count). The molecule has 0 aromatic carbocycles. The molecule has 0 heteroatoms. The van der Waals surface area contributed by atoms with Crippen molar-refractivity contribution >= 4 is 0 Å². The molecule has 0 saturated heterocycles. The van der Waals surface area contributed by atoms with Crippen LogP contribution in [0.3, 0.4) is 0 Å². The largest absolute Gasteiger partial charge is 0.0651 e. The summed E-state index contributed by atoms with van der Waals surface area (Å²) in [5, 5.41) is 0. The summed E-state index contributed by atoms with van der Waals surface area (Å²) in [6, 6.07) is 0. The Morgan fingerprint density at radius 2 is 1.45 bits per heavy atom. The van der Waals surface area contributed by atoms with Gasteiger partial charge >= 0.3 is 0 Å². The molecular formula is C11H23. The molecule has 67 valence electrons. The quantitative estimate of drug-likeness (QED) is 0.561. The average molecular weight is 155 g/mol. The van der Waals surface area contributed by atoms with E-state index in [2.05, 4.69) is 34.6 Å². The van der Waals surface area contributed by atoms with Crippen molar-refractivity contribution in [1.29, 1.82) is 0 Å². The highest BCUT2D eigenvalue weighted by Crippen LogP contribution is 2.30. The topological polar surface area (TPSA) is 0 Å². The number of hydrogen-bond acceptors (Lipinski definition) is 0. The Labute approximate surface area is 72.4 Å². The zero-order valence-corrected chi connectivity index (χ0v) is 8.78. The summed E-state index contributed by atoms with van der Waals surface area (Å²) < 4.78 is 0. The van der Waals surface area contributed by atoms with Crippen molar-refractivity contribution in [3.05, 3.63) is 5.92 Å². The van der Waals surface area contributed by atoms with Gasteiger partial charge < -0.3 is 0 Å². The molecule has 0 fully saturated rings. The second-order valence-electron chi connectivity index (χ2n) is 3.60. The minimum absolute atomic E-state index is 0.782. The van der Waals surface area contributed by atoms with Crippen molar-refractivity contribution < 1.29 is 0 Å². The zero-order chi connectivity index (χ0) is 8.85. The summed E-state index contributed by atoms with van der Waals surface area (Å²) >= 11 is 0. The van der Waals surface area contributed by atoms with E-state index in [1.54, 1.807) is 5.92 Å². The van der Waals surface area contributed by atoms with Crippen LogP contribution in [0.25, 0.3) is 0 Å². The molecule has 0 N–H and O–H groups in total. The smallest absolute Gasteiger partial charge is 0.0187 e. The molecule has 0 atom stereocenters. The Morgan fingerprint density at radius 3 is 1.55 bits per heavy atom. The van der Waals surface area contributed by atoms with Gasteiger partial charge in [-0.15, -0.1) is 0 Å². The molecule has 0 bridgehead atoms. The molecule has 0 amide bonds. The molecule has 0 aliphatic heterocycles. The van der Waals surface area contributed by atoms with Gasteiger partial charge in [-0.25, -0.2) is 0 Å². The predicted octanol–water partition coefficient (Wildman–Crippen LogP) is 4.06. The average Bonchev–Trinajstić information content (AvgIpc) is 1.99. The molecule has 0 unspecified atom stereocenters.